The van der Waals surface area contributed by atoms with Crippen molar-refractivity contribution in [3.63, 3.8) is 0 Å². The number of rotatable bonds is 4. The summed E-state index contributed by atoms with van der Waals surface area (Å²) >= 11 is 0. The maximum atomic E-state index is 10.5. The lowest BCUT2D eigenvalue weighted by Crippen LogP contribution is -2.42. The van der Waals surface area contributed by atoms with Crippen LogP contribution in [0.15, 0.2) is 54.6 Å². The van der Waals surface area contributed by atoms with Gasteiger partial charge in [0.25, 0.3) is 0 Å². The van der Waals surface area contributed by atoms with Gasteiger partial charge in [-0.2, -0.15) is 0 Å². The van der Waals surface area contributed by atoms with Gasteiger partial charge in [-0.3, -0.25) is 0 Å². The molecule has 2 aromatic rings. The number of aliphatic hydroxyl groups excluding tert-OH is 1. The quantitative estimate of drug-likeness (QED) is 0.878. The molecule has 0 amide bonds. The summed E-state index contributed by atoms with van der Waals surface area (Å²) in [5.41, 5.74) is 2.46. The second-order valence-electron chi connectivity index (χ2n) is 7.14. The smallest absolute Gasteiger partial charge is 0.125 e. The Morgan fingerprint density at radius 2 is 1.60 bits per heavy atom. The highest BCUT2D eigenvalue weighted by atomic mass is 35.5. The summed E-state index contributed by atoms with van der Waals surface area (Å²) in [6.07, 6.45) is 2.19. The van der Waals surface area contributed by atoms with Gasteiger partial charge in [0.2, 0.25) is 0 Å². The Morgan fingerprint density at radius 1 is 0.920 bits per heavy atom. The number of aliphatic hydroxyl groups is 1. The molecule has 2 aliphatic rings. The van der Waals surface area contributed by atoms with Crippen LogP contribution in [0.25, 0.3) is 0 Å². The summed E-state index contributed by atoms with van der Waals surface area (Å²) in [4.78, 5) is 0. The van der Waals surface area contributed by atoms with Crippen LogP contribution in [-0.2, 0) is 6.42 Å². The SMILES string of the molecule is Cl.O[C@@H]1C[C@H]2CNC[C@H]2C[C@H]1Oc1ccccc1Cc1ccccc1. The number of halogens is 1. The van der Waals surface area contributed by atoms with Crippen molar-refractivity contribution in [1.82, 2.24) is 5.32 Å². The molecule has 0 spiro atoms. The minimum Gasteiger partial charge on any atom is -0.487 e. The molecule has 1 aliphatic carbocycles. The number of para-hydroxylation sites is 1. The number of benzene rings is 2. The molecule has 2 N–H and O–H groups in total. The van der Waals surface area contributed by atoms with Crippen molar-refractivity contribution in [3.8, 4) is 5.75 Å². The first-order valence-corrected chi connectivity index (χ1v) is 8.97. The highest BCUT2D eigenvalue weighted by molar-refractivity contribution is 5.85. The molecule has 4 rings (SSSR count). The first kappa shape index (κ1) is 18.2. The van der Waals surface area contributed by atoms with Gasteiger partial charge in [0.15, 0.2) is 0 Å². The molecule has 0 radical (unpaired) electrons. The molecule has 2 fully saturated rings. The normalized spacial score (nSPS) is 28.0. The Labute approximate surface area is 155 Å². The van der Waals surface area contributed by atoms with E-state index in [0.29, 0.717) is 11.8 Å². The van der Waals surface area contributed by atoms with E-state index in [4.69, 9.17) is 4.74 Å². The van der Waals surface area contributed by atoms with Crippen LogP contribution in [0.4, 0.5) is 0 Å². The highest BCUT2D eigenvalue weighted by Crippen LogP contribution is 2.35. The summed E-state index contributed by atoms with van der Waals surface area (Å²) in [6, 6.07) is 18.7. The van der Waals surface area contributed by atoms with Crippen molar-refractivity contribution in [2.45, 2.75) is 31.5 Å². The largest absolute Gasteiger partial charge is 0.487 e. The summed E-state index contributed by atoms with van der Waals surface area (Å²) in [5, 5.41) is 14.0. The van der Waals surface area contributed by atoms with Gasteiger partial charge in [-0.05, 0) is 55.0 Å². The average molecular weight is 360 g/mol. The number of hydrogen-bond donors (Lipinski definition) is 2. The van der Waals surface area contributed by atoms with Crippen molar-refractivity contribution in [1.29, 1.82) is 0 Å². The van der Waals surface area contributed by atoms with Crippen molar-refractivity contribution >= 4 is 12.4 Å². The first-order valence-electron chi connectivity index (χ1n) is 8.97. The second kappa shape index (κ2) is 8.22. The molecular formula is C21H26ClNO2. The minimum atomic E-state index is -0.365. The van der Waals surface area contributed by atoms with Crippen molar-refractivity contribution in [3.05, 3.63) is 65.7 Å². The van der Waals surface area contributed by atoms with Crippen LogP contribution in [0.3, 0.4) is 0 Å². The Balaban J connectivity index is 0.00000182. The zero-order valence-electron chi connectivity index (χ0n) is 14.3. The topological polar surface area (TPSA) is 41.5 Å². The molecule has 2 aromatic carbocycles. The van der Waals surface area contributed by atoms with E-state index in [9.17, 15) is 5.11 Å². The van der Waals surface area contributed by atoms with E-state index >= 15 is 0 Å². The van der Waals surface area contributed by atoms with Gasteiger partial charge in [-0.15, -0.1) is 12.4 Å². The maximum Gasteiger partial charge on any atom is 0.125 e. The Hall–Kier alpha value is -1.55. The molecule has 25 heavy (non-hydrogen) atoms. The maximum absolute atomic E-state index is 10.5. The number of ether oxygens (including phenoxy) is 1. The van der Waals surface area contributed by atoms with E-state index < -0.39 is 0 Å². The predicted molar refractivity (Wildman–Crippen MR) is 102 cm³/mol. The minimum absolute atomic E-state index is 0. The fourth-order valence-corrected chi connectivity index (χ4v) is 4.13. The number of fused-ring (bicyclic) bond motifs is 1. The lowest BCUT2D eigenvalue weighted by molar-refractivity contribution is -0.0234. The van der Waals surface area contributed by atoms with E-state index in [2.05, 4.69) is 41.7 Å². The fourth-order valence-electron chi connectivity index (χ4n) is 4.13. The molecule has 0 bridgehead atoms. The van der Waals surface area contributed by atoms with E-state index in [1.807, 2.05) is 18.2 Å². The summed E-state index contributed by atoms with van der Waals surface area (Å²) in [5.74, 6) is 2.16. The van der Waals surface area contributed by atoms with Gasteiger partial charge in [0.1, 0.15) is 11.9 Å². The Morgan fingerprint density at radius 3 is 2.40 bits per heavy atom. The van der Waals surface area contributed by atoms with Crippen LogP contribution in [0.5, 0.6) is 5.75 Å². The third kappa shape index (κ3) is 4.17. The van der Waals surface area contributed by atoms with Gasteiger partial charge in [-0.1, -0.05) is 48.5 Å². The molecule has 4 heteroatoms. The van der Waals surface area contributed by atoms with Gasteiger partial charge in [0, 0.05) is 6.42 Å². The summed E-state index contributed by atoms with van der Waals surface area (Å²) in [7, 11) is 0. The standard InChI is InChI=1S/C21H25NO2.ClH/c23-19-11-17-13-22-14-18(17)12-21(19)24-20-9-5-4-8-16(20)10-15-6-2-1-3-7-15;/h1-9,17-19,21-23H,10-14H2;1H/t17-,18+,19+,21+;/m0./s1. The van der Waals surface area contributed by atoms with Crippen molar-refractivity contribution < 1.29 is 9.84 Å². The lowest BCUT2D eigenvalue weighted by atomic mass is 9.78. The van der Waals surface area contributed by atoms with Crippen LogP contribution >= 0.6 is 12.4 Å². The molecule has 4 atom stereocenters. The van der Waals surface area contributed by atoms with Crippen LogP contribution in [0, 0.1) is 11.8 Å². The van der Waals surface area contributed by atoms with Gasteiger partial charge in [-0.25, -0.2) is 0 Å². The molecule has 0 unspecified atom stereocenters. The van der Waals surface area contributed by atoms with Gasteiger partial charge in [0.05, 0.1) is 6.10 Å². The predicted octanol–water partition coefficient (Wildman–Crippen LogP) is 3.44. The van der Waals surface area contributed by atoms with Gasteiger partial charge >= 0.3 is 0 Å². The molecule has 1 saturated carbocycles. The number of hydrogen-bond acceptors (Lipinski definition) is 3. The van der Waals surface area contributed by atoms with E-state index in [0.717, 1.165) is 38.1 Å². The van der Waals surface area contributed by atoms with Crippen LogP contribution < -0.4 is 10.1 Å². The number of nitrogens with one attached hydrogen (secondary N) is 1. The Bertz CT molecular complexity index is 679. The van der Waals surface area contributed by atoms with E-state index in [1.54, 1.807) is 0 Å². The van der Waals surface area contributed by atoms with Crippen molar-refractivity contribution in [2.24, 2.45) is 11.8 Å². The third-order valence-corrected chi connectivity index (χ3v) is 5.48. The first-order chi connectivity index (χ1) is 11.8. The van der Waals surface area contributed by atoms with Gasteiger partial charge < -0.3 is 15.2 Å². The molecule has 1 heterocycles. The summed E-state index contributed by atoms with van der Waals surface area (Å²) < 4.78 is 6.30. The monoisotopic (exact) mass is 359 g/mol. The fraction of sp³-hybridized carbons (Fsp3) is 0.429. The molecule has 3 nitrogen and oxygen atoms in total. The molecule has 1 aliphatic heterocycles. The van der Waals surface area contributed by atoms with Crippen LogP contribution in [-0.4, -0.2) is 30.4 Å². The van der Waals surface area contributed by atoms with E-state index in [-0.39, 0.29) is 24.6 Å². The van der Waals surface area contributed by atoms with Crippen molar-refractivity contribution in [2.75, 3.05) is 13.1 Å². The lowest BCUT2D eigenvalue weighted by Gasteiger charge is -2.35. The van der Waals surface area contributed by atoms with Crippen LogP contribution in [0.1, 0.15) is 24.0 Å². The molecule has 134 valence electrons. The molecule has 1 saturated heterocycles. The molecule has 0 aromatic heterocycles. The Kier molecular flexibility index (Phi) is 6.00. The zero-order chi connectivity index (χ0) is 16.4. The molecular weight excluding hydrogens is 334 g/mol. The summed E-state index contributed by atoms with van der Waals surface area (Å²) in [6.45, 7) is 2.10. The highest BCUT2D eigenvalue weighted by Gasteiger charge is 2.39. The third-order valence-electron chi connectivity index (χ3n) is 5.48. The zero-order valence-corrected chi connectivity index (χ0v) is 15.1. The second-order valence-corrected chi connectivity index (χ2v) is 7.14. The van der Waals surface area contributed by atoms with Crippen LogP contribution in [0.2, 0.25) is 0 Å². The van der Waals surface area contributed by atoms with E-state index in [1.165, 1.54) is 11.1 Å². The average Bonchev–Trinajstić information content (AvgIpc) is 3.05.